The van der Waals surface area contributed by atoms with Crippen molar-refractivity contribution in [2.45, 2.75) is 28.8 Å². The van der Waals surface area contributed by atoms with Crippen molar-refractivity contribution in [2.75, 3.05) is 3.71 Å². The second kappa shape index (κ2) is 10.7. The Morgan fingerprint density at radius 2 is 1.23 bits per heavy atom. The Bertz CT molecular complexity index is 1530. The Kier molecular flexibility index (Phi) is 8.17. The molecule has 0 aromatic heterocycles. The number of sulfonamides is 2. The van der Waals surface area contributed by atoms with Crippen molar-refractivity contribution in [1.82, 2.24) is 0 Å². The molecule has 3 rings (SSSR count). The molecule has 0 aliphatic heterocycles. The molecule has 0 amide bonds. The zero-order chi connectivity index (χ0) is 29.2. The van der Waals surface area contributed by atoms with Crippen molar-refractivity contribution in [2.24, 2.45) is 0 Å². The minimum absolute atomic E-state index is 0.185. The molecule has 0 spiro atoms. The van der Waals surface area contributed by atoms with Crippen LogP contribution >= 0.6 is 0 Å². The van der Waals surface area contributed by atoms with E-state index < -0.39 is 71.6 Å². The maximum atomic E-state index is 13.7. The highest BCUT2D eigenvalue weighted by Gasteiger charge is 2.41. The summed E-state index contributed by atoms with van der Waals surface area (Å²) in [6.07, 6.45) is -9.25. The van der Waals surface area contributed by atoms with E-state index in [1.807, 2.05) is 0 Å². The van der Waals surface area contributed by atoms with E-state index in [0.29, 0.717) is 24.3 Å². The normalized spacial score (nSPS) is 12.6. The number of halogens is 6. The SMILES string of the molecule is C=CC(=O)OCc1ccccc1N(S(=O)(=O)c1cccc(C(F)(F)F)c1)S(=O)(=O)c1cccc(C(F)(F)F)c1. The molecule has 208 valence electrons. The van der Waals surface area contributed by atoms with Gasteiger partial charge in [0.2, 0.25) is 0 Å². The number of hydrogen-bond donors (Lipinski definition) is 0. The second-order valence-electron chi connectivity index (χ2n) is 7.70. The van der Waals surface area contributed by atoms with Gasteiger partial charge in [-0.25, -0.2) is 21.6 Å². The number of ether oxygens (including phenoxy) is 1. The van der Waals surface area contributed by atoms with Gasteiger partial charge in [0.1, 0.15) is 6.61 Å². The topological polar surface area (TPSA) is 97.8 Å². The van der Waals surface area contributed by atoms with Gasteiger partial charge in [0.05, 0.1) is 26.6 Å². The summed E-state index contributed by atoms with van der Waals surface area (Å²) >= 11 is 0. The lowest BCUT2D eigenvalue weighted by atomic mass is 10.2. The van der Waals surface area contributed by atoms with Crippen molar-refractivity contribution >= 4 is 31.7 Å². The molecule has 0 heterocycles. The lowest BCUT2D eigenvalue weighted by Crippen LogP contribution is -2.38. The average molecular weight is 594 g/mol. The summed E-state index contributed by atoms with van der Waals surface area (Å²) in [6.45, 7) is 2.47. The number of benzene rings is 3. The Morgan fingerprint density at radius 3 is 1.67 bits per heavy atom. The monoisotopic (exact) mass is 593 g/mol. The molecule has 15 heteroatoms. The molecule has 7 nitrogen and oxygen atoms in total. The van der Waals surface area contributed by atoms with E-state index in [2.05, 4.69) is 6.58 Å². The largest absolute Gasteiger partial charge is 0.458 e. The standard InChI is InChI=1S/C24H17F6NO6S2/c1-2-22(32)37-15-16-7-3-4-12-21(16)31(38(33,34)19-10-5-8-17(13-19)23(25,26)27)39(35,36)20-11-6-9-18(14-20)24(28,29)30/h2-14H,1,15H2. The highest BCUT2D eigenvalue weighted by molar-refractivity contribution is 8.10. The van der Waals surface area contributed by atoms with E-state index in [1.54, 1.807) is 0 Å². The molecule has 0 fully saturated rings. The molecule has 0 aliphatic carbocycles. The molecular weight excluding hydrogens is 576 g/mol. The van der Waals surface area contributed by atoms with Crippen LogP contribution in [0.4, 0.5) is 32.0 Å². The minimum atomic E-state index is -5.45. The average Bonchev–Trinajstić information content (AvgIpc) is 2.87. The molecule has 0 atom stereocenters. The number of para-hydroxylation sites is 1. The number of carbonyl (C=O) groups is 1. The Hall–Kier alpha value is -3.85. The predicted molar refractivity (Wildman–Crippen MR) is 126 cm³/mol. The summed E-state index contributed by atoms with van der Waals surface area (Å²) in [4.78, 5) is 9.32. The van der Waals surface area contributed by atoms with Crippen LogP contribution in [0.25, 0.3) is 0 Å². The third-order valence-electron chi connectivity index (χ3n) is 5.08. The van der Waals surface area contributed by atoms with Gasteiger partial charge in [0, 0.05) is 11.6 Å². The molecule has 3 aromatic carbocycles. The first-order valence-electron chi connectivity index (χ1n) is 10.5. The predicted octanol–water partition coefficient (Wildman–Crippen LogP) is 5.54. The van der Waals surface area contributed by atoms with Gasteiger partial charge in [-0.1, -0.05) is 36.9 Å². The number of alkyl halides is 6. The molecule has 0 bridgehead atoms. The van der Waals surface area contributed by atoms with E-state index in [-0.39, 0.29) is 21.4 Å². The van der Waals surface area contributed by atoms with Crippen LogP contribution in [0.1, 0.15) is 16.7 Å². The van der Waals surface area contributed by atoms with Crippen molar-refractivity contribution in [1.29, 1.82) is 0 Å². The van der Waals surface area contributed by atoms with Crippen LogP contribution in [0.2, 0.25) is 0 Å². The van der Waals surface area contributed by atoms with Crippen molar-refractivity contribution in [3.8, 4) is 0 Å². The molecule has 39 heavy (non-hydrogen) atoms. The van der Waals surface area contributed by atoms with Gasteiger partial charge in [0.25, 0.3) is 20.0 Å². The molecule has 3 aromatic rings. The van der Waals surface area contributed by atoms with Crippen LogP contribution in [-0.2, 0) is 48.5 Å². The van der Waals surface area contributed by atoms with Crippen molar-refractivity contribution in [3.05, 3.63) is 102 Å². The lowest BCUT2D eigenvalue weighted by Gasteiger charge is -2.26. The molecule has 0 saturated carbocycles. The van der Waals surface area contributed by atoms with Crippen molar-refractivity contribution in [3.63, 3.8) is 0 Å². The molecule has 0 saturated heterocycles. The van der Waals surface area contributed by atoms with Gasteiger partial charge in [0.15, 0.2) is 0 Å². The number of esters is 1. The number of rotatable bonds is 8. The fourth-order valence-electron chi connectivity index (χ4n) is 3.26. The highest BCUT2D eigenvalue weighted by Crippen LogP contribution is 2.37. The summed E-state index contributed by atoms with van der Waals surface area (Å²) in [7, 11) is -10.9. The van der Waals surface area contributed by atoms with Crippen LogP contribution in [0.15, 0.2) is 95.2 Å². The Morgan fingerprint density at radius 1 is 0.769 bits per heavy atom. The summed E-state index contributed by atoms with van der Waals surface area (Å²) in [5, 5.41) is 0. The van der Waals surface area contributed by atoms with Gasteiger partial charge in [-0.2, -0.15) is 30.1 Å². The van der Waals surface area contributed by atoms with E-state index in [1.165, 1.54) is 12.1 Å². The van der Waals surface area contributed by atoms with Crippen LogP contribution in [0.5, 0.6) is 0 Å². The molecule has 0 N–H and O–H groups in total. The summed E-state index contributed by atoms with van der Waals surface area (Å²) in [6, 6.07) is 8.88. The maximum Gasteiger partial charge on any atom is 0.416 e. The summed E-state index contributed by atoms with van der Waals surface area (Å²) in [5.41, 5.74) is -3.80. The second-order valence-corrected chi connectivity index (χ2v) is 11.5. The highest BCUT2D eigenvalue weighted by atomic mass is 32.3. The number of carbonyl (C=O) groups excluding carboxylic acids is 1. The van der Waals surface area contributed by atoms with Gasteiger partial charge in [-0.3, -0.25) is 0 Å². The van der Waals surface area contributed by atoms with Gasteiger partial charge >= 0.3 is 18.3 Å². The third kappa shape index (κ3) is 6.42. The molecule has 0 aliphatic rings. The first-order chi connectivity index (χ1) is 18.0. The van der Waals surface area contributed by atoms with Gasteiger partial charge in [-0.15, -0.1) is 0 Å². The van der Waals surface area contributed by atoms with Crippen LogP contribution in [-0.4, -0.2) is 22.8 Å². The van der Waals surface area contributed by atoms with Crippen molar-refractivity contribution < 1.29 is 52.7 Å². The summed E-state index contributed by atoms with van der Waals surface area (Å²) < 4.78 is 139. The molecular formula is C24H17F6NO6S2. The molecule has 0 unspecified atom stereocenters. The number of anilines is 1. The van der Waals surface area contributed by atoms with E-state index in [4.69, 9.17) is 4.74 Å². The number of nitrogens with zero attached hydrogens (tertiary/aromatic N) is 1. The zero-order valence-electron chi connectivity index (χ0n) is 19.4. The molecule has 0 radical (unpaired) electrons. The van der Waals surface area contributed by atoms with E-state index in [0.717, 1.165) is 30.3 Å². The number of hydrogen-bond acceptors (Lipinski definition) is 6. The van der Waals surface area contributed by atoms with E-state index >= 15 is 0 Å². The minimum Gasteiger partial charge on any atom is -0.458 e. The lowest BCUT2D eigenvalue weighted by molar-refractivity contribution is -0.139. The van der Waals surface area contributed by atoms with E-state index in [9.17, 15) is 48.0 Å². The smallest absolute Gasteiger partial charge is 0.416 e. The Labute approximate surface area is 219 Å². The van der Waals surface area contributed by atoms with Crippen LogP contribution in [0.3, 0.4) is 0 Å². The van der Waals surface area contributed by atoms with Gasteiger partial charge < -0.3 is 4.74 Å². The quantitative estimate of drug-likeness (QED) is 0.193. The van der Waals surface area contributed by atoms with Crippen LogP contribution in [0, 0.1) is 0 Å². The third-order valence-corrected chi connectivity index (χ3v) is 9.22. The first-order valence-corrected chi connectivity index (χ1v) is 13.4. The fraction of sp³-hybridized carbons (Fsp3) is 0.125. The Balaban J connectivity index is 2.33. The maximum absolute atomic E-state index is 13.7. The summed E-state index contributed by atoms with van der Waals surface area (Å²) in [5.74, 6) is -0.974. The van der Waals surface area contributed by atoms with Gasteiger partial charge in [-0.05, 0) is 42.5 Å². The fourth-order valence-corrected chi connectivity index (χ4v) is 7.12. The van der Waals surface area contributed by atoms with Crippen LogP contribution < -0.4 is 3.71 Å². The zero-order valence-corrected chi connectivity index (χ0v) is 21.0. The first kappa shape index (κ1) is 29.7.